The van der Waals surface area contributed by atoms with E-state index in [0.29, 0.717) is 0 Å². The fourth-order valence-corrected chi connectivity index (χ4v) is 1.37. The molecule has 0 amide bonds. The summed E-state index contributed by atoms with van der Waals surface area (Å²) in [5.74, 6) is 0. The third-order valence-electron chi connectivity index (χ3n) is 1.92. The third kappa shape index (κ3) is 0.856. The van der Waals surface area contributed by atoms with Crippen molar-refractivity contribution in [2.45, 2.75) is 19.3 Å². The lowest BCUT2D eigenvalue weighted by Crippen LogP contribution is -2.80. The van der Waals surface area contributed by atoms with E-state index in [-0.39, 0.29) is 0 Å². The lowest BCUT2D eigenvalue weighted by Gasteiger charge is -2.14. The molecule has 10 heavy (non-hydrogen) atoms. The van der Waals surface area contributed by atoms with Crippen molar-refractivity contribution in [3.63, 3.8) is 0 Å². The van der Waals surface area contributed by atoms with Crippen LogP contribution in [0.15, 0.2) is 23.4 Å². The molecule has 2 aliphatic rings. The number of hydrogen-bond acceptors (Lipinski definition) is 1. The molecule has 2 heteroatoms. The maximum atomic E-state index is 3.11. The van der Waals surface area contributed by atoms with E-state index in [1.807, 2.05) is 6.21 Å². The summed E-state index contributed by atoms with van der Waals surface area (Å²) in [4.78, 5) is 0. The quantitative estimate of drug-likeness (QED) is 0.466. The minimum atomic E-state index is 1.21. The van der Waals surface area contributed by atoms with Crippen LogP contribution in [0.2, 0.25) is 0 Å². The smallest absolute Gasteiger partial charge is 0.168 e. The fraction of sp³-hybridized carbons (Fsp3) is 0.375. The molecule has 1 heterocycles. The highest BCUT2D eigenvalue weighted by molar-refractivity contribution is 5.69. The first kappa shape index (κ1) is 5.71. The maximum absolute atomic E-state index is 3.11. The molecule has 1 aliphatic carbocycles. The van der Waals surface area contributed by atoms with E-state index in [1.54, 1.807) is 0 Å². The number of rotatable bonds is 0. The molecule has 0 spiro atoms. The molecule has 0 saturated heterocycles. The zero-order valence-electron chi connectivity index (χ0n) is 5.85. The number of nitrogens with one attached hydrogen (secondary N) is 2. The van der Waals surface area contributed by atoms with Crippen LogP contribution in [0.3, 0.4) is 0 Å². The Hall–Kier alpha value is -1.05. The molecule has 0 radical (unpaired) electrons. The molecule has 2 nitrogen and oxygen atoms in total. The summed E-state index contributed by atoms with van der Waals surface area (Å²) in [6, 6.07) is 0. The summed E-state index contributed by atoms with van der Waals surface area (Å²) in [5, 5.41) is 2.96. The van der Waals surface area contributed by atoms with Gasteiger partial charge in [0.15, 0.2) is 6.21 Å². The summed E-state index contributed by atoms with van der Waals surface area (Å²) in [6.07, 6.45) is 10.1. The Bertz CT molecular complexity index is 223. The number of hydrogen-bond donors (Lipinski definition) is 2. The predicted molar refractivity (Wildman–Crippen MR) is 40.2 cm³/mol. The molecule has 1 aliphatic heterocycles. The average molecular weight is 135 g/mol. The Morgan fingerprint density at radius 3 is 3.40 bits per heavy atom. The highest BCUT2D eigenvalue weighted by atomic mass is 15.3. The van der Waals surface area contributed by atoms with Crippen LogP contribution in [0.1, 0.15) is 19.3 Å². The Kier molecular flexibility index (Phi) is 1.31. The van der Waals surface area contributed by atoms with Crippen molar-refractivity contribution in [3.05, 3.63) is 23.4 Å². The van der Waals surface area contributed by atoms with Crippen molar-refractivity contribution in [1.82, 2.24) is 5.43 Å². The minimum Gasteiger partial charge on any atom is -0.168 e. The van der Waals surface area contributed by atoms with Crippen LogP contribution >= 0.6 is 0 Å². The summed E-state index contributed by atoms with van der Waals surface area (Å²) < 4.78 is 0. The second kappa shape index (κ2) is 2.29. The molecule has 0 bridgehead atoms. The van der Waals surface area contributed by atoms with Gasteiger partial charge in [-0.3, -0.25) is 0 Å². The summed E-state index contributed by atoms with van der Waals surface area (Å²) in [6.45, 7) is 0. The molecule has 0 aromatic heterocycles. The van der Waals surface area contributed by atoms with Gasteiger partial charge in [0, 0.05) is 6.08 Å². The van der Waals surface area contributed by atoms with Crippen LogP contribution in [0.4, 0.5) is 0 Å². The molecule has 52 valence electrons. The van der Waals surface area contributed by atoms with Gasteiger partial charge in [0.1, 0.15) is 0 Å². The number of allylic oxidation sites excluding steroid dienone is 3. The maximum Gasteiger partial charge on any atom is 0.191 e. The van der Waals surface area contributed by atoms with Crippen molar-refractivity contribution in [2.24, 2.45) is 0 Å². The fourth-order valence-electron chi connectivity index (χ4n) is 1.37. The molecular formula is C8H11N2+. The summed E-state index contributed by atoms with van der Waals surface area (Å²) in [7, 11) is 0. The number of hydrazine groups is 1. The zero-order valence-corrected chi connectivity index (χ0v) is 5.85. The van der Waals surface area contributed by atoms with Gasteiger partial charge < -0.3 is 0 Å². The largest absolute Gasteiger partial charge is 0.191 e. The van der Waals surface area contributed by atoms with E-state index < -0.39 is 0 Å². The lowest BCUT2D eigenvalue weighted by atomic mass is 9.98. The molecule has 0 saturated carbocycles. The van der Waals surface area contributed by atoms with Gasteiger partial charge in [-0.15, -0.1) is 5.10 Å². The van der Waals surface area contributed by atoms with Gasteiger partial charge in [0.25, 0.3) is 0 Å². The van der Waals surface area contributed by atoms with Gasteiger partial charge in [0.05, 0.1) is 5.70 Å². The first-order valence-electron chi connectivity index (χ1n) is 3.71. The van der Waals surface area contributed by atoms with Gasteiger partial charge in [-0.2, -0.15) is 5.43 Å². The summed E-state index contributed by atoms with van der Waals surface area (Å²) >= 11 is 0. The van der Waals surface area contributed by atoms with Gasteiger partial charge >= 0.3 is 0 Å². The average Bonchev–Trinajstić information content (AvgIpc) is 2.05. The molecule has 0 atom stereocenters. The molecule has 2 rings (SSSR count). The Labute approximate surface area is 60.3 Å². The lowest BCUT2D eigenvalue weighted by molar-refractivity contribution is -0.512. The monoisotopic (exact) mass is 135 g/mol. The standard InChI is InChI=1S/C8H10N2/c1-2-4-8-7(3-1)5-6-9-10-8/h4-6,10H,1-3H2/p+1. The number of fused-ring (bicyclic) bond motifs is 1. The van der Waals surface area contributed by atoms with Gasteiger partial charge in [-0.05, 0) is 24.8 Å². The SMILES string of the molecule is C1=[NH+]NC2=CCCCC2=C1. The van der Waals surface area contributed by atoms with E-state index in [0.717, 1.165) is 0 Å². The highest BCUT2D eigenvalue weighted by Gasteiger charge is 2.12. The Morgan fingerprint density at radius 1 is 1.50 bits per heavy atom. The first-order valence-corrected chi connectivity index (χ1v) is 3.71. The molecule has 0 aromatic rings. The van der Waals surface area contributed by atoms with Crippen LogP contribution in [0.25, 0.3) is 0 Å². The van der Waals surface area contributed by atoms with Gasteiger partial charge in [-0.1, -0.05) is 6.08 Å². The van der Waals surface area contributed by atoms with Crippen LogP contribution in [0.5, 0.6) is 0 Å². The molecule has 0 unspecified atom stereocenters. The van der Waals surface area contributed by atoms with Crippen LogP contribution in [-0.4, -0.2) is 6.21 Å². The van der Waals surface area contributed by atoms with Crippen LogP contribution in [0, 0.1) is 0 Å². The van der Waals surface area contributed by atoms with Gasteiger partial charge in [-0.25, -0.2) is 0 Å². The van der Waals surface area contributed by atoms with Crippen molar-refractivity contribution >= 4 is 6.21 Å². The van der Waals surface area contributed by atoms with Crippen LogP contribution in [-0.2, 0) is 0 Å². The van der Waals surface area contributed by atoms with E-state index >= 15 is 0 Å². The van der Waals surface area contributed by atoms with Gasteiger partial charge in [0.2, 0.25) is 0 Å². The molecule has 0 aromatic carbocycles. The normalized spacial score (nSPS) is 22.4. The minimum absolute atomic E-state index is 1.21. The molecule has 2 N–H and O–H groups in total. The Balaban J connectivity index is 2.32. The highest BCUT2D eigenvalue weighted by Crippen LogP contribution is 2.20. The zero-order chi connectivity index (χ0) is 6.81. The summed E-state index contributed by atoms with van der Waals surface area (Å²) in [5.41, 5.74) is 5.82. The molecule has 0 fully saturated rings. The Morgan fingerprint density at radius 2 is 2.50 bits per heavy atom. The van der Waals surface area contributed by atoms with Crippen molar-refractivity contribution in [2.75, 3.05) is 0 Å². The second-order valence-electron chi connectivity index (χ2n) is 2.64. The molecular weight excluding hydrogens is 124 g/mol. The van der Waals surface area contributed by atoms with E-state index in [4.69, 9.17) is 0 Å². The van der Waals surface area contributed by atoms with Crippen molar-refractivity contribution in [1.29, 1.82) is 0 Å². The van der Waals surface area contributed by atoms with E-state index in [1.165, 1.54) is 30.5 Å². The van der Waals surface area contributed by atoms with Crippen molar-refractivity contribution < 1.29 is 5.10 Å². The number of hydrazone groups is 1. The first-order chi connectivity index (χ1) is 4.97. The third-order valence-corrected chi connectivity index (χ3v) is 1.92. The van der Waals surface area contributed by atoms with E-state index in [9.17, 15) is 0 Å². The topological polar surface area (TPSA) is 26.0 Å². The van der Waals surface area contributed by atoms with E-state index in [2.05, 4.69) is 22.7 Å². The van der Waals surface area contributed by atoms with Crippen LogP contribution < -0.4 is 10.5 Å². The van der Waals surface area contributed by atoms with Crippen molar-refractivity contribution in [3.8, 4) is 0 Å². The second-order valence-corrected chi connectivity index (χ2v) is 2.64. The predicted octanol–water partition coefficient (Wildman–Crippen LogP) is -0.350.